The first-order valence-electron chi connectivity index (χ1n) is 6.23. The summed E-state index contributed by atoms with van der Waals surface area (Å²) in [5, 5.41) is 0. The minimum Gasteiger partial charge on any atom is -0.329 e. The Bertz CT molecular complexity index is 441. The van der Waals surface area contributed by atoms with Crippen LogP contribution in [0.3, 0.4) is 0 Å². The van der Waals surface area contributed by atoms with Gasteiger partial charge in [-0.3, -0.25) is 0 Å². The molecule has 0 aliphatic carbocycles. The first-order valence-corrected chi connectivity index (χ1v) is 7.88. The van der Waals surface area contributed by atoms with E-state index in [0.29, 0.717) is 13.0 Å². The van der Waals surface area contributed by atoms with Crippen molar-refractivity contribution in [3.63, 3.8) is 0 Å². The molecular weight excluding hydrogens is 248 g/mol. The fraction of sp³-hybridized carbons (Fsp3) is 0.538. The van der Waals surface area contributed by atoms with Crippen LogP contribution in [0.5, 0.6) is 0 Å². The highest BCUT2D eigenvalue weighted by Gasteiger charge is 2.19. The Hall–Kier alpha value is -0.910. The first-order chi connectivity index (χ1) is 8.48. The lowest BCUT2D eigenvalue weighted by Crippen LogP contribution is -2.41. The molecule has 0 fully saturated rings. The zero-order chi connectivity index (χ0) is 13.6. The van der Waals surface area contributed by atoms with Gasteiger partial charge in [0.2, 0.25) is 10.0 Å². The second kappa shape index (κ2) is 6.87. The average Bonchev–Trinajstić information content (AvgIpc) is 2.36. The molecule has 1 rings (SSSR count). The smallest absolute Gasteiger partial charge is 0.212 e. The van der Waals surface area contributed by atoms with Crippen LogP contribution in [-0.4, -0.2) is 26.8 Å². The minimum atomic E-state index is -3.28. The third kappa shape index (κ3) is 4.76. The number of nitrogens with one attached hydrogen (secondary N) is 1. The van der Waals surface area contributed by atoms with E-state index in [0.717, 1.165) is 5.56 Å². The van der Waals surface area contributed by atoms with Crippen molar-refractivity contribution < 1.29 is 8.42 Å². The van der Waals surface area contributed by atoms with E-state index in [1.807, 2.05) is 44.2 Å². The van der Waals surface area contributed by atoms with Gasteiger partial charge in [0.25, 0.3) is 0 Å². The van der Waals surface area contributed by atoms with Crippen LogP contribution < -0.4 is 10.5 Å². The molecule has 4 nitrogen and oxygen atoms in total. The van der Waals surface area contributed by atoms with Crippen LogP contribution >= 0.6 is 0 Å². The van der Waals surface area contributed by atoms with Crippen molar-refractivity contribution in [1.82, 2.24) is 4.72 Å². The lowest BCUT2D eigenvalue weighted by Gasteiger charge is -2.17. The Morgan fingerprint density at radius 1 is 1.28 bits per heavy atom. The standard InChI is InChI=1S/C13H22N2O2S/c1-3-13(9-14)15-18(16,17)10-11(2)12-7-5-4-6-8-12/h4-8,11,13,15H,3,9-10,14H2,1-2H3. The van der Waals surface area contributed by atoms with Gasteiger partial charge in [0, 0.05) is 12.6 Å². The highest BCUT2D eigenvalue weighted by atomic mass is 32.2. The normalized spacial score (nSPS) is 15.3. The monoisotopic (exact) mass is 270 g/mol. The molecule has 2 atom stereocenters. The van der Waals surface area contributed by atoms with Crippen molar-refractivity contribution in [2.75, 3.05) is 12.3 Å². The first kappa shape index (κ1) is 15.1. The van der Waals surface area contributed by atoms with Crippen molar-refractivity contribution in [3.05, 3.63) is 35.9 Å². The molecule has 0 spiro atoms. The molecule has 5 heteroatoms. The second-order valence-electron chi connectivity index (χ2n) is 4.55. The van der Waals surface area contributed by atoms with Crippen LogP contribution in [0.2, 0.25) is 0 Å². The van der Waals surface area contributed by atoms with Crippen molar-refractivity contribution in [2.45, 2.75) is 32.2 Å². The largest absolute Gasteiger partial charge is 0.329 e. The summed E-state index contributed by atoms with van der Waals surface area (Å²) in [5.74, 6) is 0.0621. The van der Waals surface area contributed by atoms with Gasteiger partial charge >= 0.3 is 0 Å². The molecule has 0 aliphatic heterocycles. The average molecular weight is 270 g/mol. The molecule has 0 bridgehead atoms. The van der Waals surface area contributed by atoms with Gasteiger partial charge in [-0.1, -0.05) is 44.2 Å². The summed E-state index contributed by atoms with van der Waals surface area (Å²) in [6.07, 6.45) is 0.704. The molecule has 0 aromatic heterocycles. The quantitative estimate of drug-likeness (QED) is 0.787. The lowest BCUT2D eigenvalue weighted by molar-refractivity contribution is 0.538. The molecule has 2 unspecified atom stereocenters. The summed E-state index contributed by atoms with van der Waals surface area (Å²) in [4.78, 5) is 0. The summed E-state index contributed by atoms with van der Waals surface area (Å²) >= 11 is 0. The number of hydrogen-bond acceptors (Lipinski definition) is 3. The number of hydrogen-bond donors (Lipinski definition) is 2. The van der Waals surface area contributed by atoms with Gasteiger partial charge < -0.3 is 5.73 Å². The van der Waals surface area contributed by atoms with Crippen molar-refractivity contribution in [1.29, 1.82) is 0 Å². The number of nitrogens with two attached hydrogens (primary N) is 1. The molecule has 0 aliphatic rings. The van der Waals surface area contributed by atoms with Gasteiger partial charge in [-0.05, 0) is 17.9 Å². The lowest BCUT2D eigenvalue weighted by atomic mass is 10.0. The van der Waals surface area contributed by atoms with Gasteiger partial charge in [0.05, 0.1) is 5.75 Å². The van der Waals surface area contributed by atoms with Crippen LogP contribution in [-0.2, 0) is 10.0 Å². The van der Waals surface area contributed by atoms with Crippen LogP contribution in [0.1, 0.15) is 31.7 Å². The van der Waals surface area contributed by atoms with Crippen LogP contribution in [0, 0.1) is 0 Å². The Morgan fingerprint density at radius 3 is 2.39 bits per heavy atom. The van der Waals surface area contributed by atoms with E-state index in [4.69, 9.17) is 5.73 Å². The van der Waals surface area contributed by atoms with E-state index in [1.54, 1.807) is 0 Å². The maximum Gasteiger partial charge on any atom is 0.212 e. The van der Waals surface area contributed by atoms with Gasteiger partial charge in [-0.15, -0.1) is 0 Å². The van der Waals surface area contributed by atoms with Crippen molar-refractivity contribution >= 4 is 10.0 Å². The van der Waals surface area contributed by atoms with Crippen LogP contribution in [0.15, 0.2) is 30.3 Å². The summed E-state index contributed by atoms with van der Waals surface area (Å²) in [5.41, 5.74) is 6.54. The predicted octanol–water partition coefficient (Wildman–Crippen LogP) is 1.45. The third-order valence-electron chi connectivity index (χ3n) is 2.96. The zero-order valence-corrected chi connectivity index (χ0v) is 11.8. The molecule has 0 radical (unpaired) electrons. The fourth-order valence-corrected chi connectivity index (χ4v) is 3.52. The van der Waals surface area contributed by atoms with E-state index < -0.39 is 10.0 Å². The molecule has 1 aromatic carbocycles. The molecule has 102 valence electrons. The maximum atomic E-state index is 12.0. The Morgan fingerprint density at radius 2 is 1.89 bits per heavy atom. The van der Waals surface area contributed by atoms with Crippen molar-refractivity contribution in [3.8, 4) is 0 Å². The highest BCUT2D eigenvalue weighted by molar-refractivity contribution is 7.89. The third-order valence-corrected chi connectivity index (χ3v) is 4.59. The molecule has 0 heterocycles. The number of benzene rings is 1. The minimum absolute atomic E-state index is 0.0287. The van der Waals surface area contributed by atoms with E-state index in [1.165, 1.54) is 0 Å². The van der Waals surface area contributed by atoms with Gasteiger partial charge in [-0.25, -0.2) is 13.1 Å². The Labute approximate surface area is 110 Å². The molecule has 18 heavy (non-hydrogen) atoms. The molecule has 3 N–H and O–H groups in total. The summed E-state index contributed by atoms with van der Waals surface area (Å²) in [6, 6.07) is 9.48. The van der Waals surface area contributed by atoms with Crippen molar-refractivity contribution in [2.24, 2.45) is 5.73 Å². The summed E-state index contributed by atoms with van der Waals surface area (Å²) in [6.45, 7) is 4.16. The predicted molar refractivity (Wildman–Crippen MR) is 74.9 cm³/mol. The highest BCUT2D eigenvalue weighted by Crippen LogP contribution is 2.16. The summed E-state index contributed by atoms with van der Waals surface area (Å²) < 4.78 is 26.6. The van der Waals surface area contributed by atoms with E-state index >= 15 is 0 Å². The molecule has 0 saturated heterocycles. The summed E-state index contributed by atoms with van der Waals surface area (Å²) in [7, 11) is -3.28. The van der Waals surface area contributed by atoms with Gasteiger partial charge in [-0.2, -0.15) is 0 Å². The van der Waals surface area contributed by atoms with E-state index in [2.05, 4.69) is 4.72 Å². The fourth-order valence-electron chi connectivity index (χ4n) is 1.81. The number of sulfonamides is 1. The molecule has 0 saturated carbocycles. The van der Waals surface area contributed by atoms with Gasteiger partial charge in [0.15, 0.2) is 0 Å². The Kier molecular flexibility index (Phi) is 5.78. The SMILES string of the molecule is CCC(CN)NS(=O)(=O)CC(C)c1ccccc1. The molecular formula is C13H22N2O2S. The topological polar surface area (TPSA) is 72.2 Å². The molecule has 0 amide bonds. The number of rotatable bonds is 7. The van der Waals surface area contributed by atoms with Crippen LogP contribution in [0.25, 0.3) is 0 Å². The van der Waals surface area contributed by atoms with E-state index in [-0.39, 0.29) is 17.7 Å². The maximum absolute atomic E-state index is 12.0. The zero-order valence-electron chi connectivity index (χ0n) is 11.0. The second-order valence-corrected chi connectivity index (χ2v) is 6.35. The van der Waals surface area contributed by atoms with Gasteiger partial charge in [0.1, 0.15) is 0 Å². The van der Waals surface area contributed by atoms with E-state index in [9.17, 15) is 8.42 Å². The Balaban J connectivity index is 2.66. The van der Waals surface area contributed by atoms with Crippen LogP contribution in [0.4, 0.5) is 0 Å². The molecule has 1 aromatic rings.